The SMILES string of the molecule is CC(C)CN=C(N)NCCCCN1CC(C)CC(C)C1.I. The van der Waals surface area contributed by atoms with Gasteiger partial charge in [0.05, 0.1) is 0 Å². The second-order valence-corrected chi connectivity index (χ2v) is 6.96. The molecule has 0 spiro atoms. The molecule has 0 aromatic heterocycles. The highest BCUT2D eigenvalue weighted by atomic mass is 127. The smallest absolute Gasteiger partial charge is 0.188 e. The van der Waals surface area contributed by atoms with Gasteiger partial charge in [-0.2, -0.15) is 0 Å². The van der Waals surface area contributed by atoms with E-state index in [0.29, 0.717) is 11.9 Å². The summed E-state index contributed by atoms with van der Waals surface area (Å²) < 4.78 is 0. The van der Waals surface area contributed by atoms with Crippen LogP contribution in [0, 0.1) is 17.8 Å². The first-order valence-electron chi connectivity index (χ1n) is 8.23. The molecule has 1 heterocycles. The van der Waals surface area contributed by atoms with Crippen molar-refractivity contribution >= 4 is 29.9 Å². The first-order valence-corrected chi connectivity index (χ1v) is 8.23. The fourth-order valence-corrected chi connectivity index (χ4v) is 2.99. The molecule has 1 rings (SSSR count). The molecule has 2 unspecified atom stereocenters. The summed E-state index contributed by atoms with van der Waals surface area (Å²) in [5.41, 5.74) is 5.81. The van der Waals surface area contributed by atoms with Gasteiger partial charge in [-0.25, -0.2) is 0 Å². The van der Waals surface area contributed by atoms with Crippen molar-refractivity contribution in [3.8, 4) is 0 Å². The van der Waals surface area contributed by atoms with E-state index in [1.54, 1.807) is 0 Å². The molecule has 0 bridgehead atoms. The van der Waals surface area contributed by atoms with Crippen LogP contribution in [0.3, 0.4) is 0 Å². The topological polar surface area (TPSA) is 53.6 Å². The number of hydrogen-bond donors (Lipinski definition) is 2. The molecular weight excluding hydrogens is 375 g/mol. The molecular formula is C16H35IN4. The molecule has 0 aromatic carbocycles. The van der Waals surface area contributed by atoms with Gasteiger partial charge < -0.3 is 16.0 Å². The molecule has 5 heteroatoms. The van der Waals surface area contributed by atoms with Crippen LogP contribution in [0.1, 0.15) is 47.0 Å². The molecule has 126 valence electrons. The van der Waals surface area contributed by atoms with Gasteiger partial charge in [0.2, 0.25) is 0 Å². The van der Waals surface area contributed by atoms with Crippen LogP contribution < -0.4 is 11.1 Å². The van der Waals surface area contributed by atoms with Crippen molar-refractivity contribution in [2.45, 2.75) is 47.0 Å². The van der Waals surface area contributed by atoms with Crippen molar-refractivity contribution in [3.63, 3.8) is 0 Å². The second kappa shape index (κ2) is 11.5. The predicted octanol–water partition coefficient (Wildman–Crippen LogP) is 2.92. The predicted molar refractivity (Wildman–Crippen MR) is 103 cm³/mol. The summed E-state index contributed by atoms with van der Waals surface area (Å²) in [5, 5.41) is 3.20. The van der Waals surface area contributed by atoms with Crippen LogP contribution in [0.4, 0.5) is 0 Å². The molecule has 2 atom stereocenters. The Kier molecular flexibility index (Phi) is 11.5. The zero-order valence-corrected chi connectivity index (χ0v) is 16.6. The van der Waals surface area contributed by atoms with Gasteiger partial charge in [-0.05, 0) is 43.6 Å². The molecule has 1 fully saturated rings. The molecule has 0 saturated carbocycles. The maximum absolute atomic E-state index is 5.81. The van der Waals surface area contributed by atoms with Crippen LogP contribution in [-0.4, -0.2) is 43.6 Å². The van der Waals surface area contributed by atoms with Gasteiger partial charge >= 0.3 is 0 Å². The van der Waals surface area contributed by atoms with Gasteiger partial charge in [-0.1, -0.05) is 27.7 Å². The average molecular weight is 410 g/mol. The van der Waals surface area contributed by atoms with Crippen LogP contribution in [0.15, 0.2) is 4.99 Å². The highest BCUT2D eigenvalue weighted by Gasteiger charge is 2.20. The standard InChI is InChI=1S/C16H34N4.HI/c1-13(2)10-19-16(17)18-7-5-6-8-20-11-14(3)9-15(4)12-20;/h13-15H,5-12H2,1-4H3,(H3,17,18,19);1H. The number of aliphatic imine (C=N–C) groups is 1. The number of nitrogens with zero attached hydrogens (tertiary/aromatic N) is 2. The van der Waals surface area contributed by atoms with E-state index >= 15 is 0 Å². The van der Waals surface area contributed by atoms with Crippen molar-refractivity contribution in [2.24, 2.45) is 28.5 Å². The first-order chi connectivity index (χ1) is 9.47. The summed E-state index contributed by atoms with van der Waals surface area (Å²) in [5.74, 6) is 2.88. The van der Waals surface area contributed by atoms with E-state index in [0.717, 1.165) is 31.3 Å². The number of unbranched alkanes of at least 4 members (excludes halogenated alkanes) is 1. The monoisotopic (exact) mass is 410 g/mol. The van der Waals surface area contributed by atoms with Crippen LogP contribution >= 0.6 is 24.0 Å². The summed E-state index contributed by atoms with van der Waals surface area (Å²) in [6.07, 6.45) is 3.79. The van der Waals surface area contributed by atoms with Crippen LogP contribution in [0.2, 0.25) is 0 Å². The molecule has 21 heavy (non-hydrogen) atoms. The number of piperidine rings is 1. The summed E-state index contributed by atoms with van der Waals surface area (Å²) in [4.78, 5) is 6.92. The van der Waals surface area contributed by atoms with Crippen LogP contribution in [0.5, 0.6) is 0 Å². The van der Waals surface area contributed by atoms with Gasteiger partial charge in [-0.15, -0.1) is 24.0 Å². The third kappa shape index (κ3) is 10.3. The number of nitrogens with two attached hydrogens (primary N) is 1. The molecule has 0 radical (unpaired) electrons. The maximum atomic E-state index is 5.81. The average Bonchev–Trinajstić information content (AvgIpc) is 2.34. The van der Waals surface area contributed by atoms with Gasteiger partial charge in [0.25, 0.3) is 0 Å². The Hall–Kier alpha value is -0.0400. The van der Waals surface area contributed by atoms with E-state index in [2.05, 4.69) is 42.9 Å². The third-order valence-corrected chi connectivity index (χ3v) is 3.78. The minimum absolute atomic E-state index is 0. The number of hydrogen-bond acceptors (Lipinski definition) is 2. The molecule has 1 saturated heterocycles. The number of rotatable bonds is 7. The van der Waals surface area contributed by atoms with E-state index in [-0.39, 0.29) is 24.0 Å². The lowest BCUT2D eigenvalue weighted by molar-refractivity contribution is 0.139. The van der Waals surface area contributed by atoms with Crippen molar-refractivity contribution in [2.75, 3.05) is 32.7 Å². The number of nitrogens with one attached hydrogen (secondary N) is 1. The maximum Gasteiger partial charge on any atom is 0.188 e. The van der Waals surface area contributed by atoms with Crippen LogP contribution in [-0.2, 0) is 0 Å². The number of likely N-dealkylation sites (tertiary alicyclic amines) is 1. The Balaban J connectivity index is 0.00000400. The fourth-order valence-electron chi connectivity index (χ4n) is 2.99. The summed E-state index contributed by atoms with van der Waals surface area (Å²) in [6.45, 7) is 14.6. The Morgan fingerprint density at radius 1 is 1.24 bits per heavy atom. The highest BCUT2D eigenvalue weighted by molar-refractivity contribution is 14.0. The van der Waals surface area contributed by atoms with Crippen molar-refractivity contribution < 1.29 is 0 Å². The number of halogens is 1. The van der Waals surface area contributed by atoms with Gasteiger partial charge in [0, 0.05) is 26.2 Å². The lowest BCUT2D eigenvalue weighted by Gasteiger charge is -2.34. The third-order valence-electron chi connectivity index (χ3n) is 3.78. The van der Waals surface area contributed by atoms with E-state index in [1.165, 1.54) is 32.5 Å². The lowest BCUT2D eigenvalue weighted by Crippen LogP contribution is -2.39. The highest BCUT2D eigenvalue weighted by Crippen LogP contribution is 2.20. The molecule has 0 aromatic rings. The molecule has 1 aliphatic heterocycles. The van der Waals surface area contributed by atoms with Gasteiger partial charge in [-0.3, -0.25) is 4.99 Å². The summed E-state index contributed by atoms with van der Waals surface area (Å²) in [7, 11) is 0. The zero-order valence-electron chi connectivity index (χ0n) is 14.3. The summed E-state index contributed by atoms with van der Waals surface area (Å²) in [6, 6.07) is 0. The summed E-state index contributed by atoms with van der Waals surface area (Å²) >= 11 is 0. The van der Waals surface area contributed by atoms with Crippen molar-refractivity contribution in [1.82, 2.24) is 10.2 Å². The van der Waals surface area contributed by atoms with Crippen LogP contribution in [0.25, 0.3) is 0 Å². The minimum atomic E-state index is 0. The molecule has 1 aliphatic rings. The van der Waals surface area contributed by atoms with E-state index < -0.39 is 0 Å². The minimum Gasteiger partial charge on any atom is -0.370 e. The Morgan fingerprint density at radius 2 is 1.86 bits per heavy atom. The van der Waals surface area contributed by atoms with Crippen molar-refractivity contribution in [1.29, 1.82) is 0 Å². The lowest BCUT2D eigenvalue weighted by atomic mass is 9.92. The Bertz CT molecular complexity index is 284. The van der Waals surface area contributed by atoms with Gasteiger partial charge in [0.1, 0.15) is 0 Å². The van der Waals surface area contributed by atoms with Crippen molar-refractivity contribution in [3.05, 3.63) is 0 Å². The van der Waals surface area contributed by atoms with E-state index in [1.807, 2.05) is 0 Å². The normalized spacial score (nSPS) is 24.0. The fraction of sp³-hybridized carbons (Fsp3) is 0.938. The van der Waals surface area contributed by atoms with E-state index in [9.17, 15) is 0 Å². The zero-order chi connectivity index (χ0) is 15.0. The Labute approximate surface area is 148 Å². The largest absolute Gasteiger partial charge is 0.370 e. The Morgan fingerprint density at radius 3 is 2.43 bits per heavy atom. The molecule has 3 N–H and O–H groups in total. The quantitative estimate of drug-likeness (QED) is 0.294. The molecule has 0 aliphatic carbocycles. The molecule has 0 amide bonds. The number of guanidine groups is 1. The van der Waals surface area contributed by atoms with Gasteiger partial charge in [0.15, 0.2) is 5.96 Å². The second-order valence-electron chi connectivity index (χ2n) is 6.96. The molecule has 4 nitrogen and oxygen atoms in total. The van der Waals surface area contributed by atoms with E-state index in [4.69, 9.17) is 5.73 Å². The first kappa shape index (κ1) is 21.0.